The van der Waals surface area contributed by atoms with Gasteiger partial charge in [-0.25, -0.2) is 10.0 Å². The second-order valence-corrected chi connectivity index (χ2v) is 3.98. The van der Waals surface area contributed by atoms with Gasteiger partial charge in [-0.1, -0.05) is 0 Å². The Balaban J connectivity index is 1.83. The number of Topliss-reactive ketones (excluding diaryl/α,β-unsaturated/α-hetero) is 2. The fourth-order valence-electron chi connectivity index (χ4n) is 2.05. The second-order valence-electron chi connectivity index (χ2n) is 3.98. The molecular weight excluding hydrogens is 180 g/mol. The van der Waals surface area contributed by atoms with Crippen molar-refractivity contribution in [2.45, 2.75) is 25.7 Å². The van der Waals surface area contributed by atoms with E-state index in [-0.39, 0.29) is 0 Å². The summed E-state index contributed by atoms with van der Waals surface area (Å²) in [6, 6.07) is 0. The Morgan fingerprint density at radius 1 is 0.643 bits per heavy atom. The maximum atomic E-state index is 11.0. The molecule has 78 valence electrons. The van der Waals surface area contributed by atoms with E-state index in [0.717, 1.165) is 26.2 Å². The molecule has 2 fully saturated rings. The number of carbonyl (C=O) groups excluding carboxylic acids is 2. The van der Waals surface area contributed by atoms with Gasteiger partial charge in [0.25, 0.3) is 0 Å². The van der Waals surface area contributed by atoms with Crippen LogP contribution in [-0.2, 0) is 9.59 Å². The zero-order chi connectivity index (χ0) is 9.97. The van der Waals surface area contributed by atoms with Gasteiger partial charge in [-0.15, -0.1) is 0 Å². The topological polar surface area (TPSA) is 40.6 Å². The molecule has 14 heavy (non-hydrogen) atoms. The first-order valence-corrected chi connectivity index (χ1v) is 5.29. The lowest BCUT2D eigenvalue weighted by Gasteiger charge is -2.38. The molecule has 0 bridgehead atoms. The van der Waals surface area contributed by atoms with Crippen LogP contribution in [0.1, 0.15) is 25.7 Å². The van der Waals surface area contributed by atoms with Gasteiger partial charge in [-0.2, -0.15) is 0 Å². The molecule has 0 amide bonds. The fraction of sp³-hybridized carbons (Fsp3) is 0.800. The highest BCUT2D eigenvalue weighted by Gasteiger charge is 2.24. The Kier molecular flexibility index (Phi) is 2.93. The monoisotopic (exact) mass is 196 g/mol. The van der Waals surface area contributed by atoms with Gasteiger partial charge in [0.1, 0.15) is 11.6 Å². The van der Waals surface area contributed by atoms with Crippen LogP contribution < -0.4 is 0 Å². The van der Waals surface area contributed by atoms with Crippen molar-refractivity contribution in [3.05, 3.63) is 0 Å². The van der Waals surface area contributed by atoms with Crippen LogP contribution in [0, 0.1) is 0 Å². The highest BCUT2D eigenvalue weighted by Crippen LogP contribution is 2.13. The summed E-state index contributed by atoms with van der Waals surface area (Å²) in [5.41, 5.74) is 0. The van der Waals surface area contributed by atoms with Crippen LogP contribution >= 0.6 is 0 Å². The summed E-state index contributed by atoms with van der Waals surface area (Å²) < 4.78 is 0. The quantitative estimate of drug-likeness (QED) is 0.602. The molecule has 2 aliphatic heterocycles. The highest BCUT2D eigenvalue weighted by atomic mass is 16.1. The Morgan fingerprint density at radius 3 is 1.21 bits per heavy atom. The smallest absolute Gasteiger partial charge is 0.135 e. The van der Waals surface area contributed by atoms with Gasteiger partial charge in [0, 0.05) is 51.9 Å². The van der Waals surface area contributed by atoms with Gasteiger partial charge >= 0.3 is 0 Å². The van der Waals surface area contributed by atoms with Gasteiger partial charge in [-0.05, 0) is 0 Å². The van der Waals surface area contributed by atoms with E-state index < -0.39 is 0 Å². The maximum Gasteiger partial charge on any atom is 0.135 e. The van der Waals surface area contributed by atoms with E-state index in [1.807, 2.05) is 0 Å². The van der Waals surface area contributed by atoms with Crippen LogP contribution in [0.3, 0.4) is 0 Å². The zero-order valence-corrected chi connectivity index (χ0v) is 8.37. The van der Waals surface area contributed by atoms with E-state index in [4.69, 9.17) is 0 Å². The standard InChI is InChI=1S/C10H16N2O2/c13-9-1-5-11(6-2-9)12-7-3-10(14)4-8-12/h1-8H2. The molecule has 0 aromatic carbocycles. The molecule has 0 unspecified atom stereocenters. The number of piperidine rings is 2. The van der Waals surface area contributed by atoms with E-state index in [0.29, 0.717) is 37.2 Å². The van der Waals surface area contributed by atoms with Crippen molar-refractivity contribution in [3.8, 4) is 0 Å². The van der Waals surface area contributed by atoms with Crippen LogP contribution in [0.4, 0.5) is 0 Å². The van der Waals surface area contributed by atoms with Crippen LogP contribution in [-0.4, -0.2) is 47.8 Å². The third kappa shape index (κ3) is 2.19. The van der Waals surface area contributed by atoms with Crippen molar-refractivity contribution in [1.29, 1.82) is 0 Å². The Hall–Kier alpha value is -0.740. The van der Waals surface area contributed by atoms with E-state index in [1.54, 1.807) is 0 Å². The number of ketones is 2. The van der Waals surface area contributed by atoms with E-state index in [1.165, 1.54) is 0 Å². The van der Waals surface area contributed by atoms with Crippen molar-refractivity contribution in [1.82, 2.24) is 10.0 Å². The summed E-state index contributed by atoms with van der Waals surface area (Å²) in [5.74, 6) is 0.740. The molecule has 4 nitrogen and oxygen atoms in total. The number of hydrazine groups is 1. The minimum absolute atomic E-state index is 0.370. The van der Waals surface area contributed by atoms with Gasteiger partial charge in [0.05, 0.1) is 0 Å². The second kappa shape index (κ2) is 4.19. The molecule has 0 radical (unpaired) electrons. The first kappa shape index (κ1) is 9.80. The minimum Gasteiger partial charge on any atom is -0.300 e. The first-order valence-electron chi connectivity index (χ1n) is 5.29. The average molecular weight is 196 g/mol. The Labute approximate surface area is 83.8 Å². The minimum atomic E-state index is 0.370. The summed E-state index contributed by atoms with van der Waals surface area (Å²) in [4.78, 5) is 22.1. The van der Waals surface area contributed by atoms with Crippen molar-refractivity contribution in [3.63, 3.8) is 0 Å². The van der Waals surface area contributed by atoms with Crippen molar-refractivity contribution < 1.29 is 9.59 Å². The molecule has 0 saturated carbocycles. The third-order valence-corrected chi connectivity index (χ3v) is 3.00. The fourth-order valence-corrected chi connectivity index (χ4v) is 2.05. The summed E-state index contributed by atoms with van der Waals surface area (Å²) in [7, 11) is 0. The van der Waals surface area contributed by atoms with Gasteiger partial charge < -0.3 is 0 Å². The summed E-state index contributed by atoms with van der Waals surface area (Å²) in [5, 5.41) is 4.46. The van der Waals surface area contributed by atoms with E-state index in [2.05, 4.69) is 10.0 Å². The molecule has 2 heterocycles. The van der Waals surface area contributed by atoms with Crippen molar-refractivity contribution in [2.24, 2.45) is 0 Å². The molecule has 0 spiro atoms. The van der Waals surface area contributed by atoms with E-state index >= 15 is 0 Å². The Bertz CT molecular complexity index is 207. The van der Waals surface area contributed by atoms with Crippen LogP contribution in [0.5, 0.6) is 0 Å². The molecule has 0 atom stereocenters. The third-order valence-electron chi connectivity index (χ3n) is 3.00. The lowest BCUT2D eigenvalue weighted by atomic mass is 10.1. The predicted molar refractivity (Wildman–Crippen MR) is 51.6 cm³/mol. The molecule has 0 aliphatic carbocycles. The summed E-state index contributed by atoms with van der Waals surface area (Å²) in [6.07, 6.45) is 2.68. The summed E-state index contributed by atoms with van der Waals surface area (Å²) >= 11 is 0. The first-order chi connectivity index (χ1) is 6.75. The predicted octanol–water partition coefficient (Wildman–Crippen LogP) is 0.231. The molecule has 0 N–H and O–H groups in total. The number of nitrogens with zero attached hydrogens (tertiary/aromatic N) is 2. The molecule has 2 saturated heterocycles. The largest absolute Gasteiger partial charge is 0.300 e. The molecular formula is C10H16N2O2. The number of hydrogen-bond donors (Lipinski definition) is 0. The normalized spacial score (nSPS) is 26.9. The average Bonchev–Trinajstić information content (AvgIpc) is 2.21. The maximum absolute atomic E-state index is 11.0. The molecule has 0 aromatic rings. The van der Waals surface area contributed by atoms with Crippen LogP contribution in [0.25, 0.3) is 0 Å². The van der Waals surface area contributed by atoms with Gasteiger partial charge in [-0.3, -0.25) is 9.59 Å². The van der Waals surface area contributed by atoms with E-state index in [9.17, 15) is 9.59 Å². The van der Waals surface area contributed by atoms with Gasteiger partial charge in [0.15, 0.2) is 0 Å². The number of carbonyl (C=O) groups is 2. The lowest BCUT2D eigenvalue weighted by molar-refractivity contribution is -0.134. The van der Waals surface area contributed by atoms with Gasteiger partial charge in [0.2, 0.25) is 0 Å². The lowest BCUT2D eigenvalue weighted by Crippen LogP contribution is -2.50. The Morgan fingerprint density at radius 2 is 0.929 bits per heavy atom. The highest BCUT2D eigenvalue weighted by molar-refractivity contribution is 5.80. The molecule has 2 aliphatic rings. The van der Waals surface area contributed by atoms with Crippen LogP contribution in [0.15, 0.2) is 0 Å². The SMILES string of the molecule is O=C1CCN(N2CCC(=O)CC2)CC1. The molecule has 4 heteroatoms. The van der Waals surface area contributed by atoms with Crippen LogP contribution in [0.2, 0.25) is 0 Å². The summed E-state index contributed by atoms with van der Waals surface area (Å²) in [6.45, 7) is 3.36. The number of hydrogen-bond acceptors (Lipinski definition) is 4. The molecule has 0 aromatic heterocycles. The van der Waals surface area contributed by atoms with Crippen molar-refractivity contribution >= 4 is 11.6 Å². The number of rotatable bonds is 1. The molecule has 2 rings (SSSR count). The van der Waals surface area contributed by atoms with Crippen molar-refractivity contribution in [2.75, 3.05) is 26.2 Å². The zero-order valence-electron chi connectivity index (χ0n) is 8.37.